The van der Waals surface area contributed by atoms with Gasteiger partial charge in [0.05, 0.1) is 0 Å². The Morgan fingerprint density at radius 3 is 2.53 bits per heavy atom. The highest BCUT2D eigenvalue weighted by molar-refractivity contribution is 6.27. The second-order valence-corrected chi connectivity index (χ2v) is 6.55. The first kappa shape index (κ1) is 14.2. The van der Waals surface area contributed by atoms with Gasteiger partial charge in [0.2, 0.25) is 0 Å². The van der Waals surface area contributed by atoms with E-state index >= 15 is 0 Å². The lowest BCUT2D eigenvalue weighted by molar-refractivity contribution is -0.125. The zero-order valence-corrected chi connectivity index (χ0v) is 12.5. The molecule has 98 valence electrons. The Morgan fingerprint density at radius 2 is 2.06 bits per heavy atom. The quantitative estimate of drug-likeness (QED) is 0.432. The molecule has 0 saturated carbocycles. The minimum Gasteiger partial charge on any atom is -0.422 e. The molecule has 0 unspecified atom stereocenters. The Kier molecular flexibility index (Phi) is 4.70. The van der Waals surface area contributed by atoms with E-state index in [1.807, 2.05) is 13.8 Å². The molecule has 0 spiro atoms. The molecule has 1 aliphatic rings. The predicted octanol–water partition coefficient (Wildman–Crippen LogP) is 0.634. The van der Waals surface area contributed by atoms with Crippen molar-refractivity contribution in [2.45, 2.75) is 51.8 Å². The highest BCUT2D eigenvalue weighted by Gasteiger charge is 2.44. The maximum Gasteiger partial charge on any atom is 0.324 e. The molecule has 0 aromatic carbocycles. The molecule has 0 aromatic rings. The molecule has 1 N–H and O–H groups in total. The van der Waals surface area contributed by atoms with Gasteiger partial charge in [-0.3, -0.25) is 10.1 Å². The van der Waals surface area contributed by atoms with Crippen LogP contribution in [-0.2, 0) is 9.22 Å². The summed E-state index contributed by atoms with van der Waals surface area (Å²) in [6.07, 6.45) is 1.21. The van der Waals surface area contributed by atoms with Crippen LogP contribution in [0, 0.1) is 0 Å². The van der Waals surface area contributed by atoms with E-state index in [1.165, 1.54) is 0 Å². The first-order chi connectivity index (χ1) is 7.85. The SMILES string of the molecule is CC(C)O[SiH2]CCCN1C(=O)NC(=O)C1(C)C. The van der Waals surface area contributed by atoms with Gasteiger partial charge in [-0.15, -0.1) is 0 Å². The van der Waals surface area contributed by atoms with Gasteiger partial charge in [0.25, 0.3) is 5.91 Å². The number of nitrogens with one attached hydrogen (secondary N) is 1. The Labute approximate surface area is 105 Å². The van der Waals surface area contributed by atoms with Crippen molar-refractivity contribution < 1.29 is 14.0 Å². The summed E-state index contributed by atoms with van der Waals surface area (Å²) in [7, 11) is -0.483. The Bertz CT molecular complexity index is 305. The zero-order chi connectivity index (χ0) is 13.1. The number of hydrogen-bond acceptors (Lipinski definition) is 3. The summed E-state index contributed by atoms with van der Waals surface area (Å²) in [6, 6.07) is 0.762. The number of imide groups is 1. The smallest absolute Gasteiger partial charge is 0.324 e. The fourth-order valence-corrected chi connectivity index (χ4v) is 2.83. The number of urea groups is 1. The maximum atomic E-state index is 11.5. The third-order valence-electron chi connectivity index (χ3n) is 2.92. The topological polar surface area (TPSA) is 58.6 Å². The lowest BCUT2D eigenvalue weighted by Crippen LogP contribution is -2.44. The van der Waals surface area contributed by atoms with E-state index in [4.69, 9.17) is 4.43 Å². The van der Waals surface area contributed by atoms with Gasteiger partial charge in [-0.25, -0.2) is 4.79 Å². The van der Waals surface area contributed by atoms with Gasteiger partial charge in [-0.05, 0) is 40.2 Å². The normalized spacial score (nSPS) is 19.7. The van der Waals surface area contributed by atoms with Crippen molar-refractivity contribution in [1.82, 2.24) is 10.2 Å². The maximum absolute atomic E-state index is 11.5. The molecule has 0 bridgehead atoms. The van der Waals surface area contributed by atoms with E-state index in [1.54, 1.807) is 18.7 Å². The van der Waals surface area contributed by atoms with Crippen LogP contribution < -0.4 is 5.32 Å². The lowest BCUT2D eigenvalue weighted by Gasteiger charge is -2.27. The molecule has 0 atom stereocenters. The van der Waals surface area contributed by atoms with Crippen LogP contribution in [0.15, 0.2) is 0 Å². The molecular formula is C11H22N2O3Si. The minimum absolute atomic E-state index is 0.210. The summed E-state index contributed by atoms with van der Waals surface area (Å²) in [6.45, 7) is 8.23. The Balaban J connectivity index is 2.31. The Morgan fingerprint density at radius 1 is 1.41 bits per heavy atom. The van der Waals surface area contributed by atoms with Crippen molar-refractivity contribution in [2.24, 2.45) is 0 Å². The number of amides is 3. The largest absolute Gasteiger partial charge is 0.422 e. The second-order valence-electron chi connectivity index (χ2n) is 5.10. The molecule has 1 saturated heterocycles. The summed E-state index contributed by atoms with van der Waals surface area (Å²) < 4.78 is 5.56. The van der Waals surface area contributed by atoms with E-state index in [-0.39, 0.29) is 11.9 Å². The van der Waals surface area contributed by atoms with Gasteiger partial charge in [0, 0.05) is 12.6 Å². The van der Waals surface area contributed by atoms with Crippen LogP contribution >= 0.6 is 0 Å². The summed E-state index contributed by atoms with van der Waals surface area (Å²) in [5.74, 6) is -0.210. The molecule has 1 heterocycles. The highest BCUT2D eigenvalue weighted by Crippen LogP contribution is 2.21. The third-order valence-corrected chi connectivity index (χ3v) is 4.61. The fraction of sp³-hybridized carbons (Fsp3) is 0.818. The van der Waals surface area contributed by atoms with Gasteiger partial charge >= 0.3 is 6.03 Å². The summed E-state index contributed by atoms with van der Waals surface area (Å²) in [5.41, 5.74) is -0.711. The fourth-order valence-electron chi connectivity index (χ4n) is 1.77. The van der Waals surface area contributed by atoms with Crippen LogP contribution in [0.5, 0.6) is 0 Å². The number of carbonyl (C=O) groups is 2. The average molecular weight is 258 g/mol. The highest BCUT2D eigenvalue weighted by atomic mass is 28.2. The van der Waals surface area contributed by atoms with Crippen molar-refractivity contribution in [2.75, 3.05) is 6.54 Å². The molecule has 0 aromatic heterocycles. The van der Waals surface area contributed by atoms with Gasteiger partial charge < -0.3 is 9.33 Å². The molecule has 6 heteroatoms. The van der Waals surface area contributed by atoms with Crippen molar-refractivity contribution >= 4 is 21.7 Å². The van der Waals surface area contributed by atoms with Gasteiger partial charge in [0.1, 0.15) is 5.54 Å². The molecule has 17 heavy (non-hydrogen) atoms. The van der Waals surface area contributed by atoms with Crippen LogP contribution in [0.4, 0.5) is 4.79 Å². The lowest BCUT2D eigenvalue weighted by atomic mass is 10.0. The molecule has 0 aliphatic carbocycles. The zero-order valence-electron chi connectivity index (χ0n) is 11.1. The van der Waals surface area contributed by atoms with Crippen LogP contribution in [0.2, 0.25) is 6.04 Å². The third kappa shape index (κ3) is 3.54. The monoisotopic (exact) mass is 258 g/mol. The number of rotatable bonds is 6. The number of carbonyl (C=O) groups excluding carboxylic acids is 2. The van der Waals surface area contributed by atoms with Crippen molar-refractivity contribution in [3.05, 3.63) is 0 Å². The number of hydrogen-bond donors (Lipinski definition) is 1. The molecule has 1 rings (SSSR count). The van der Waals surface area contributed by atoms with Crippen LogP contribution in [0.3, 0.4) is 0 Å². The van der Waals surface area contributed by atoms with Crippen LogP contribution in [0.25, 0.3) is 0 Å². The first-order valence-corrected chi connectivity index (χ1v) is 7.68. The van der Waals surface area contributed by atoms with E-state index in [0.717, 1.165) is 12.5 Å². The summed E-state index contributed by atoms with van der Waals surface area (Å²) >= 11 is 0. The molecule has 3 amide bonds. The van der Waals surface area contributed by atoms with Crippen LogP contribution in [-0.4, -0.2) is 44.8 Å². The van der Waals surface area contributed by atoms with Crippen LogP contribution in [0.1, 0.15) is 34.1 Å². The standard InChI is InChI=1S/C11H22N2O3Si/c1-8(2)16-17-7-5-6-13-10(15)12-9(14)11(13,3)4/h8H,5-7,17H2,1-4H3,(H,12,14,15). The molecule has 1 fully saturated rings. The number of nitrogens with zero attached hydrogens (tertiary/aromatic N) is 1. The molecule has 1 aliphatic heterocycles. The minimum atomic E-state index is -0.711. The predicted molar refractivity (Wildman–Crippen MR) is 68.5 cm³/mol. The average Bonchev–Trinajstić information content (AvgIpc) is 2.39. The van der Waals surface area contributed by atoms with Crippen molar-refractivity contribution in [3.8, 4) is 0 Å². The summed E-state index contributed by atoms with van der Waals surface area (Å²) in [5, 5.41) is 2.34. The van der Waals surface area contributed by atoms with Crippen molar-refractivity contribution in [1.29, 1.82) is 0 Å². The van der Waals surface area contributed by atoms with E-state index < -0.39 is 15.3 Å². The van der Waals surface area contributed by atoms with Gasteiger partial charge in [0.15, 0.2) is 9.76 Å². The van der Waals surface area contributed by atoms with E-state index in [2.05, 4.69) is 5.32 Å². The second kappa shape index (κ2) is 5.64. The van der Waals surface area contributed by atoms with Crippen molar-refractivity contribution in [3.63, 3.8) is 0 Å². The molecule has 5 nitrogen and oxygen atoms in total. The van der Waals surface area contributed by atoms with Gasteiger partial charge in [-0.1, -0.05) is 0 Å². The molecular weight excluding hydrogens is 236 g/mol. The first-order valence-electron chi connectivity index (χ1n) is 6.10. The molecule has 0 radical (unpaired) electrons. The Hall–Kier alpha value is -0.883. The van der Waals surface area contributed by atoms with E-state index in [0.29, 0.717) is 12.6 Å². The van der Waals surface area contributed by atoms with Gasteiger partial charge in [-0.2, -0.15) is 0 Å². The summed E-state index contributed by atoms with van der Waals surface area (Å²) in [4.78, 5) is 24.7. The van der Waals surface area contributed by atoms with E-state index in [9.17, 15) is 9.59 Å².